The van der Waals surface area contributed by atoms with Crippen LogP contribution in [0.25, 0.3) is 0 Å². The zero-order chi connectivity index (χ0) is 8.27. The second kappa shape index (κ2) is 4.04. The van der Waals surface area contributed by atoms with Crippen LogP contribution in [-0.4, -0.2) is 42.3 Å². The van der Waals surface area contributed by atoms with Gasteiger partial charge in [-0.1, -0.05) is 6.42 Å². The molecule has 11 heavy (non-hydrogen) atoms. The highest BCUT2D eigenvalue weighted by Crippen LogP contribution is 2.17. The minimum absolute atomic E-state index is 0.300. The number of piperidine rings is 1. The van der Waals surface area contributed by atoms with Crippen LogP contribution in [-0.2, 0) is 0 Å². The molecule has 3 N–H and O–H groups in total. The Labute approximate surface area is 68.2 Å². The van der Waals surface area contributed by atoms with Crippen molar-refractivity contribution in [1.29, 1.82) is 0 Å². The van der Waals surface area contributed by atoms with Crippen LogP contribution in [0, 0.1) is 0 Å². The van der Waals surface area contributed by atoms with Gasteiger partial charge in [0, 0.05) is 12.6 Å². The van der Waals surface area contributed by atoms with Crippen LogP contribution < -0.4 is 5.73 Å². The van der Waals surface area contributed by atoms with Crippen molar-refractivity contribution in [2.24, 2.45) is 5.73 Å². The van der Waals surface area contributed by atoms with E-state index < -0.39 is 0 Å². The average molecular weight is 158 g/mol. The van der Waals surface area contributed by atoms with Gasteiger partial charge in [0.25, 0.3) is 0 Å². The zero-order valence-corrected chi connectivity index (χ0v) is 7.16. The van der Waals surface area contributed by atoms with Crippen LogP contribution >= 0.6 is 0 Å². The average Bonchev–Trinajstić information content (AvgIpc) is 2.04. The largest absolute Gasteiger partial charge is 0.390 e. The first-order chi connectivity index (χ1) is 5.25. The summed E-state index contributed by atoms with van der Waals surface area (Å²) in [6.07, 6.45) is 3.24. The number of nitrogens with two attached hydrogens (primary N) is 1. The van der Waals surface area contributed by atoms with Crippen molar-refractivity contribution in [1.82, 2.24) is 4.90 Å². The van der Waals surface area contributed by atoms with E-state index in [1.165, 1.54) is 12.8 Å². The van der Waals surface area contributed by atoms with Crippen molar-refractivity contribution in [3.05, 3.63) is 0 Å². The van der Waals surface area contributed by atoms with E-state index in [9.17, 15) is 5.11 Å². The van der Waals surface area contributed by atoms with Gasteiger partial charge in [-0.05, 0) is 26.4 Å². The van der Waals surface area contributed by atoms with Crippen molar-refractivity contribution >= 4 is 0 Å². The molecule has 0 aromatic carbocycles. The van der Waals surface area contributed by atoms with E-state index in [2.05, 4.69) is 11.9 Å². The van der Waals surface area contributed by atoms with E-state index in [0.29, 0.717) is 12.6 Å². The van der Waals surface area contributed by atoms with Gasteiger partial charge in [-0.25, -0.2) is 0 Å². The molecule has 1 unspecified atom stereocenters. The molecular weight excluding hydrogens is 140 g/mol. The van der Waals surface area contributed by atoms with Gasteiger partial charge in [-0.2, -0.15) is 0 Å². The fourth-order valence-corrected chi connectivity index (χ4v) is 1.74. The summed E-state index contributed by atoms with van der Waals surface area (Å²) in [6.45, 7) is 1.48. The van der Waals surface area contributed by atoms with Crippen molar-refractivity contribution in [3.8, 4) is 0 Å². The van der Waals surface area contributed by atoms with Gasteiger partial charge < -0.3 is 15.7 Å². The molecule has 0 saturated carbocycles. The number of aliphatic hydroxyl groups excluding tert-OH is 1. The first-order valence-corrected chi connectivity index (χ1v) is 4.34. The van der Waals surface area contributed by atoms with Crippen molar-refractivity contribution in [3.63, 3.8) is 0 Å². The number of hydrogen-bond acceptors (Lipinski definition) is 3. The molecule has 1 saturated heterocycles. The van der Waals surface area contributed by atoms with Gasteiger partial charge in [0.1, 0.15) is 0 Å². The van der Waals surface area contributed by atoms with E-state index in [0.717, 1.165) is 13.0 Å². The molecule has 0 spiro atoms. The molecule has 0 aromatic heterocycles. The number of aliphatic hydroxyl groups is 1. The molecule has 1 fully saturated rings. The number of likely N-dealkylation sites (N-methyl/N-ethyl adjacent to an activating group) is 1. The van der Waals surface area contributed by atoms with Crippen LogP contribution in [0.15, 0.2) is 0 Å². The maximum absolute atomic E-state index is 9.49. The lowest BCUT2D eigenvalue weighted by atomic mass is 9.98. The molecule has 66 valence electrons. The van der Waals surface area contributed by atoms with E-state index >= 15 is 0 Å². The zero-order valence-electron chi connectivity index (χ0n) is 7.16. The summed E-state index contributed by atoms with van der Waals surface area (Å²) in [7, 11) is 2.06. The fourth-order valence-electron chi connectivity index (χ4n) is 1.74. The lowest BCUT2D eigenvalue weighted by Gasteiger charge is -2.35. The lowest BCUT2D eigenvalue weighted by Crippen LogP contribution is -2.47. The van der Waals surface area contributed by atoms with Crippen LogP contribution in [0.5, 0.6) is 0 Å². The number of hydrogen-bond donors (Lipinski definition) is 2. The number of likely N-dealkylation sites (tertiary alicyclic amines) is 1. The highest BCUT2D eigenvalue weighted by atomic mass is 16.3. The molecule has 1 heterocycles. The Morgan fingerprint density at radius 3 is 2.91 bits per heavy atom. The molecule has 0 radical (unpaired) electrons. The van der Waals surface area contributed by atoms with Crippen LogP contribution in [0.4, 0.5) is 0 Å². The normalized spacial score (nSPS) is 30.3. The Bertz CT molecular complexity index is 115. The Morgan fingerprint density at radius 1 is 1.64 bits per heavy atom. The highest BCUT2D eigenvalue weighted by molar-refractivity contribution is 4.81. The summed E-state index contributed by atoms with van der Waals surface area (Å²) < 4.78 is 0. The summed E-state index contributed by atoms with van der Waals surface area (Å²) in [5.74, 6) is 0. The summed E-state index contributed by atoms with van der Waals surface area (Å²) >= 11 is 0. The molecule has 0 aliphatic carbocycles. The summed E-state index contributed by atoms with van der Waals surface area (Å²) in [6, 6.07) is 0.300. The SMILES string of the molecule is CN1CCCCC1[C@@H](O)CN. The molecule has 1 aliphatic rings. The van der Waals surface area contributed by atoms with Gasteiger partial charge >= 0.3 is 0 Å². The topological polar surface area (TPSA) is 49.5 Å². The van der Waals surface area contributed by atoms with Gasteiger partial charge in [-0.15, -0.1) is 0 Å². The van der Waals surface area contributed by atoms with Crippen LogP contribution in [0.3, 0.4) is 0 Å². The third-order valence-corrected chi connectivity index (χ3v) is 2.51. The van der Waals surface area contributed by atoms with Crippen molar-refractivity contribution in [2.45, 2.75) is 31.4 Å². The van der Waals surface area contributed by atoms with Gasteiger partial charge in [-0.3, -0.25) is 0 Å². The quantitative estimate of drug-likeness (QED) is 0.584. The third-order valence-electron chi connectivity index (χ3n) is 2.51. The van der Waals surface area contributed by atoms with Crippen LogP contribution in [0.2, 0.25) is 0 Å². The maximum atomic E-state index is 9.49. The Kier molecular flexibility index (Phi) is 3.30. The van der Waals surface area contributed by atoms with Gasteiger partial charge in [0.2, 0.25) is 0 Å². The molecule has 1 aliphatic heterocycles. The maximum Gasteiger partial charge on any atom is 0.0817 e. The summed E-state index contributed by atoms with van der Waals surface area (Å²) in [5.41, 5.74) is 5.39. The summed E-state index contributed by atoms with van der Waals surface area (Å²) in [5, 5.41) is 9.49. The minimum atomic E-state index is -0.333. The third kappa shape index (κ3) is 2.15. The van der Waals surface area contributed by atoms with Gasteiger partial charge in [0.15, 0.2) is 0 Å². The highest BCUT2D eigenvalue weighted by Gasteiger charge is 2.24. The Morgan fingerprint density at radius 2 is 2.36 bits per heavy atom. The predicted molar refractivity (Wildman–Crippen MR) is 45.3 cm³/mol. The molecule has 0 bridgehead atoms. The number of rotatable bonds is 2. The number of nitrogens with zero attached hydrogens (tertiary/aromatic N) is 1. The first-order valence-electron chi connectivity index (χ1n) is 4.34. The van der Waals surface area contributed by atoms with Crippen LogP contribution in [0.1, 0.15) is 19.3 Å². The second-order valence-corrected chi connectivity index (χ2v) is 3.35. The van der Waals surface area contributed by atoms with Crippen molar-refractivity contribution in [2.75, 3.05) is 20.1 Å². The van der Waals surface area contributed by atoms with Gasteiger partial charge in [0.05, 0.1) is 6.10 Å². The van der Waals surface area contributed by atoms with E-state index in [4.69, 9.17) is 5.73 Å². The molecule has 2 atom stereocenters. The minimum Gasteiger partial charge on any atom is -0.390 e. The Hall–Kier alpha value is -0.120. The fraction of sp³-hybridized carbons (Fsp3) is 1.00. The molecule has 0 amide bonds. The lowest BCUT2D eigenvalue weighted by molar-refractivity contribution is 0.0467. The monoisotopic (exact) mass is 158 g/mol. The summed E-state index contributed by atoms with van der Waals surface area (Å²) in [4.78, 5) is 2.21. The molecule has 0 aromatic rings. The molecule has 1 rings (SSSR count). The van der Waals surface area contributed by atoms with Crippen molar-refractivity contribution < 1.29 is 5.11 Å². The smallest absolute Gasteiger partial charge is 0.0817 e. The molecule has 3 heteroatoms. The molecule has 3 nitrogen and oxygen atoms in total. The standard InChI is InChI=1S/C8H18N2O/c1-10-5-3-2-4-7(10)8(11)6-9/h7-8,11H,2-6,9H2,1H3/t7?,8-/m0/s1. The second-order valence-electron chi connectivity index (χ2n) is 3.35. The van der Waals surface area contributed by atoms with E-state index in [-0.39, 0.29) is 6.10 Å². The van der Waals surface area contributed by atoms with E-state index in [1.54, 1.807) is 0 Å². The molecular formula is C8H18N2O. The Balaban J connectivity index is 2.40. The first kappa shape index (κ1) is 8.97. The predicted octanol–water partition coefficient (Wildman–Crippen LogP) is -0.210. The van der Waals surface area contributed by atoms with E-state index in [1.807, 2.05) is 0 Å².